The minimum Gasteiger partial charge on any atom is -0.348 e. The highest BCUT2D eigenvalue weighted by Gasteiger charge is 2.40. The highest BCUT2D eigenvalue weighted by molar-refractivity contribution is 7.12. The number of rotatable bonds is 3. The van der Waals surface area contributed by atoms with Gasteiger partial charge in [0.25, 0.3) is 5.91 Å². The van der Waals surface area contributed by atoms with Crippen molar-refractivity contribution in [1.29, 1.82) is 0 Å². The number of fused-ring (bicyclic) bond motifs is 2. The Hall–Kier alpha value is -0.580. The van der Waals surface area contributed by atoms with Gasteiger partial charge in [-0.1, -0.05) is 6.42 Å². The molecule has 22 heavy (non-hydrogen) atoms. The van der Waals surface area contributed by atoms with E-state index in [4.69, 9.17) is 5.73 Å². The van der Waals surface area contributed by atoms with E-state index in [0.29, 0.717) is 29.8 Å². The standard InChI is InChI=1S/C17H24N2OS.ClH/c18-13-8-11-2-1-3-12(9-13)15(11)19-17(20)16-14(6-7-21-16)10-4-5-10;/h6-7,10-13,15H,1-5,8-9,18H2,(H,19,20);1H. The zero-order valence-electron chi connectivity index (χ0n) is 12.8. The van der Waals surface area contributed by atoms with Crippen molar-refractivity contribution in [2.24, 2.45) is 17.6 Å². The second-order valence-corrected chi connectivity index (χ2v) is 8.08. The first-order chi connectivity index (χ1) is 10.2. The topological polar surface area (TPSA) is 55.1 Å². The van der Waals surface area contributed by atoms with Crippen molar-refractivity contribution < 1.29 is 4.79 Å². The van der Waals surface area contributed by atoms with Crippen LogP contribution >= 0.6 is 23.7 Å². The SMILES string of the molecule is Cl.NC1CC2CCCC(C1)C2NC(=O)c1sccc1C1CC1. The van der Waals surface area contributed by atoms with Crippen LogP contribution in [0, 0.1) is 11.8 Å². The Morgan fingerprint density at radius 3 is 2.50 bits per heavy atom. The number of thiophene rings is 1. The monoisotopic (exact) mass is 340 g/mol. The van der Waals surface area contributed by atoms with Gasteiger partial charge in [0.05, 0.1) is 4.88 Å². The molecule has 3 aliphatic rings. The van der Waals surface area contributed by atoms with Crippen molar-refractivity contribution >= 4 is 29.7 Å². The minimum absolute atomic E-state index is 0. The molecule has 3 saturated carbocycles. The molecule has 0 radical (unpaired) electrons. The predicted octanol–water partition coefficient (Wildman–Crippen LogP) is 3.68. The fourth-order valence-corrected chi connectivity index (χ4v) is 5.35. The van der Waals surface area contributed by atoms with Crippen LogP contribution in [-0.2, 0) is 0 Å². The van der Waals surface area contributed by atoms with Gasteiger partial charge in [0.15, 0.2) is 0 Å². The third-order valence-corrected chi connectivity index (χ3v) is 6.52. The van der Waals surface area contributed by atoms with Crippen LogP contribution in [0.4, 0.5) is 0 Å². The molecular formula is C17H25ClN2OS. The molecule has 1 aromatic rings. The van der Waals surface area contributed by atoms with Crippen LogP contribution in [0.2, 0.25) is 0 Å². The lowest BCUT2D eigenvalue weighted by atomic mass is 9.67. The Balaban J connectivity index is 0.00000144. The molecule has 0 saturated heterocycles. The summed E-state index contributed by atoms with van der Waals surface area (Å²) < 4.78 is 0. The van der Waals surface area contributed by atoms with Gasteiger partial charge in [-0.05, 0) is 73.3 Å². The molecule has 1 amide bonds. The maximum atomic E-state index is 12.7. The first-order valence-electron chi connectivity index (χ1n) is 8.36. The lowest BCUT2D eigenvalue weighted by Crippen LogP contribution is -2.53. The van der Waals surface area contributed by atoms with Gasteiger partial charge in [-0.2, -0.15) is 0 Å². The van der Waals surface area contributed by atoms with Crippen LogP contribution in [0.15, 0.2) is 11.4 Å². The number of amides is 1. The summed E-state index contributed by atoms with van der Waals surface area (Å²) >= 11 is 1.61. The molecule has 2 unspecified atom stereocenters. The molecule has 1 heterocycles. The molecular weight excluding hydrogens is 316 g/mol. The van der Waals surface area contributed by atoms with Crippen molar-refractivity contribution in [3.63, 3.8) is 0 Å². The van der Waals surface area contributed by atoms with E-state index in [1.165, 1.54) is 37.7 Å². The molecule has 2 atom stereocenters. The van der Waals surface area contributed by atoms with Crippen LogP contribution in [0.5, 0.6) is 0 Å². The fraction of sp³-hybridized carbons (Fsp3) is 0.706. The third-order valence-electron chi connectivity index (χ3n) is 5.59. The van der Waals surface area contributed by atoms with Gasteiger partial charge in [0.2, 0.25) is 0 Å². The Morgan fingerprint density at radius 2 is 1.86 bits per heavy atom. The lowest BCUT2D eigenvalue weighted by Gasteiger charge is -2.45. The number of carbonyl (C=O) groups is 1. The predicted molar refractivity (Wildman–Crippen MR) is 92.8 cm³/mol. The second kappa shape index (κ2) is 6.50. The molecule has 122 valence electrons. The van der Waals surface area contributed by atoms with Crippen LogP contribution in [0.1, 0.15) is 66.1 Å². The molecule has 0 aliphatic heterocycles. The average Bonchev–Trinajstić information content (AvgIpc) is 3.17. The smallest absolute Gasteiger partial charge is 0.261 e. The average molecular weight is 341 g/mol. The van der Waals surface area contributed by atoms with Gasteiger partial charge in [-0.3, -0.25) is 4.79 Å². The van der Waals surface area contributed by atoms with Gasteiger partial charge in [-0.25, -0.2) is 0 Å². The van der Waals surface area contributed by atoms with Crippen molar-refractivity contribution in [3.05, 3.63) is 21.9 Å². The zero-order valence-corrected chi connectivity index (χ0v) is 14.4. The summed E-state index contributed by atoms with van der Waals surface area (Å²) in [6.45, 7) is 0. The molecule has 0 spiro atoms. The second-order valence-electron chi connectivity index (χ2n) is 7.16. The molecule has 4 rings (SSSR count). The van der Waals surface area contributed by atoms with Crippen LogP contribution in [-0.4, -0.2) is 18.0 Å². The Kier molecular flexibility index (Phi) is 4.81. The summed E-state index contributed by atoms with van der Waals surface area (Å²) in [5.74, 6) is 2.02. The molecule has 0 aromatic carbocycles. The number of nitrogens with two attached hydrogens (primary N) is 1. The van der Waals surface area contributed by atoms with E-state index in [9.17, 15) is 4.79 Å². The summed E-state index contributed by atoms with van der Waals surface area (Å²) in [4.78, 5) is 13.7. The zero-order chi connectivity index (χ0) is 14.4. The third kappa shape index (κ3) is 3.06. The first kappa shape index (κ1) is 16.3. The lowest BCUT2D eigenvalue weighted by molar-refractivity contribution is 0.0759. The molecule has 2 bridgehead atoms. The summed E-state index contributed by atoms with van der Waals surface area (Å²) in [6.07, 6.45) is 8.44. The minimum atomic E-state index is 0. The van der Waals surface area contributed by atoms with Gasteiger partial charge < -0.3 is 11.1 Å². The maximum absolute atomic E-state index is 12.7. The Labute approximate surface area is 142 Å². The number of hydrogen-bond acceptors (Lipinski definition) is 3. The van der Waals surface area contributed by atoms with Crippen LogP contribution in [0.25, 0.3) is 0 Å². The highest BCUT2D eigenvalue weighted by atomic mass is 35.5. The van der Waals surface area contributed by atoms with E-state index >= 15 is 0 Å². The summed E-state index contributed by atoms with van der Waals surface area (Å²) in [7, 11) is 0. The summed E-state index contributed by atoms with van der Waals surface area (Å²) in [5, 5.41) is 5.45. The number of hydrogen-bond donors (Lipinski definition) is 2. The van der Waals surface area contributed by atoms with Crippen molar-refractivity contribution in [3.8, 4) is 0 Å². The molecule has 3 nitrogen and oxygen atoms in total. The molecule has 1 aromatic heterocycles. The van der Waals surface area contributed by atoms with E-state index in [2.05, 4.69) is 16.8 Å². The first-order valence-corrected chi connectivity index (χ1v) is 9.24. The van der Waals surface area contributed by atoms with Crippen LogP contribution < -0.4 is 11.1 Å². The summed E-state index contributed by atoms with van der Waals surface area (Å²) in [5.41, 5.74) is 7.46. The molecule has 5 heteroatoms. The van der Waals surface area contributed by atoms with Crippen molar-refractivity contribution in [2.75, 3.05) is 0 Å². The van der Waals surface area contributed by atoms with E-state index in [1.807, 2.05) is 0 Å². The molecule has 3 aliphatic carbocycles. The Bertz CT molecular complexity index is 529. The normalized spacial score (nSPS) is 33.9. The van der Waals surface area contributed by atoms with E-state index in [0.717, 1.165) is 17.7 Å². The van der Waals surface area contributed by atoms with Crippen LogP contribution in [0.3, 0.4) is 0 Å². The largest absolute Gasteiger partial charge is 0.348 e. The number of halogens is 1. The van der Waals surface area contributed by atoms with Gasteiger partial charge in [-0.15, -0.1) is 23.7 Å². The van der Waals surface area contributed by atoms with Crippen molar-refractivity contribution in [2.45, 2.75) is 62.9 Å². The summed E-state index contributed by atoms with van der Waals surface area (Å²) in [6, 6.07) is 2.85. The number of nitrogens with one attached hydrogen (secondary N) is 1. The van der Waals surface area contributed by atoms with Gasteiger partial charge in [0, 0.05) is 12.1 Å². The van der Waals surface area contributed by atoms with Crippen molar-refractivity contribution in [1.82, 2.24) is 5.32 Å². The van der Waals surface area contributed by atoms with E-state index in [1.54, 1.807) is 11.3 Å². The highest BCUT2D eigenvalue weighted by Crippen LogP contribution is 2.44. The molecule has 3 N–H and O–H groups in total. The molecule has 3 fully saturated rings. The maximum Gasteiger partial charge on any atom is 0.261 e. The fourth-order valence-electron chi connectivity index (χ4n) is 4.46. The Morgan fingerprint density at radius 1 is 1.18 bits per heavy atom. The quantitative estimate of drug-likeness (QED) is 0.881. The van der Waals surface area contributed by atoms with Gasteiger partial charge >= 0.3 is 0 Å². The van der Waals surface area contributed by atoms with E-state index in [-0.39, 0.29) is 18.3 Å². The van der Waals surface area contributed by atoms with Gasteiger partial charge in [0.1, 0.15) is 0 Å². The van der Waals surface area contributed by atoms with E-state index < -0.39 is 0 Å². The number of carbonyl (C=O) groups excluding carboxylic acids is 1.